The number of ether oxygens (including phenoxy) is 3. The smallest absolute Gasteiger partial charge is 0.419 e. The van der Waals surface area contributed by atoms with E-state index in [1.165, 1.54) is 30.7 Å². The summed E-state index contributed by atoms with van der Waals surface area (Å²) in [6, 6.07) is 4.00. The summed E-state index contributed by atoms with van der Waals surface area (Å²) < 4.78 is 58.4. The molecule has 0 saturated carbocycles. The number of likely N-dealkylation sites (tertiary alicyclic amines) is 2. The highest BCUT2D eigenvalue weighted by Crippen LogP contribution is 2.41. The average Bonchev–Trinajstić information content (AvgIpc) is 3.47. The van der Waals surface area contributed by atoms with Crippen LogP contribution in [0.4, 0.5) is 18.3 Å². The van der Waals surface area contributed by atoms with E-state index in [-0.39, 0.29) is 40.5 Å². The van der Waals surface area contributed by atoms with Crippen molar-refractivity contribution in [3.05, 3.63) is 40.5 Å². The SMILES string of the molecule is CCOC(=O)C1CCN(C2=NC=C(C(=O)Nc3nc(-c4ccc(OCCCOC)c(C(F)(F)F)c4)c(CN4CCCC(C)(C)C4)s3)NC2)CC1. The van der Waals surface area contributed by atoms with Gasteiger partial charge >= 0.3 is 12.1 Å². The summed E-state index contributed by atoms with van der Waals surface area (Å²) in [6.07, 6.45) is 0.738. The van der Waals surface area contributed by atoms with Crippen molar-refractivity contribution in [2.45, 2.75) is 65.6 Å². The van der Waals surface area contributed by atoms with Gasteiger partial charge in [0, 0.05) is 56.8 Å². The molecular weight excluding hydrogens is 673 g/mol. The number of carbonyl (C=O) groups excluding carboxylic acids is 2. The van der Waals surface area contributed by atoms with Crippen LogP contribution in [-0.4, -0.2) is 92.2 Å². The Balaban J connectivity index is 1.34. The molecule has 5 rings (SSSR count). The maximum atomic E-state index is 14.3. The molecular formula is C35H47F3N6O5S. The van der Waals surface area contributed by atoms with Gasteiger partial charge in [0.1, 0.15) is 17.3 Å². The van der Waals surface area contributed by atoms with Crippen molar-refractivity contribution in [2.75, 3.05) is 65.0 Å². The lowest BCUT2D eigenvalue weighted by Gasteiger charge is -2.37. The number of carbonyl (C=O) groups is 2. The Morgan fingerprint density at radius 2 is 1.94 bits per heavy atom. The number of anilines is 1. The van der Waals surface area contributed by atoms with Gasteiger partial charge in [0.15, 0.2) is 5.13 Å². The molecule has 2 saturated heterocycles. The number of hydrogen-bond acceptors (Lipinski definition) is 11. The van der Waals surface area contributed by atoms with Gasteiger partial charge in [-0.3, -0.25) is 19.8 Å². The molecule has 1 aromatic carbocycles. The number of aliphatic imine (C=N–C) groups is 1. The summed E-state index contributed by atoms with van der Waals surface area (Å²) in [5, 5.41) is 6.25. The number of nitrogens with zero attached hydrogens (tertiary/aromatic N) is 4. The molecule has 0 bridgehead atoms. The molecule has 274 valence electrons. The second-order valence-corrected chi connectivity index (χ2v) is 14.7. The van der Waals surface area contributed by atoms with Crippen molar-refractivity contribution in [1.82, 2.24) is 20.1 Å². The second kappa shape index (κ2) is 16.6. The van der Waals surface area contributed by atoms with Crippen LogP contribution in [0, 0.1) is 11.3 Å². The minimum absolute atomic E-state index is 0.0859. The van der Waals surface area contributed by atoms with Crippen molar-refractivity contribution >= 4 is 34.2 Å². The van der Waals surface area contributed by atoms with Crippen LogP contribution in [0.2, 0.25) is 0 Å². The van der Waals surface area contributed by atoms with Crippen LogP contribution in [0.5, 0.6) is 5.75 Å². The molecule has 50 heavy (non-hydrogen) atoms. The Kier molecular flexibility index (Phi) is 12.4. The quantitative estimate of drug-likeness (QED) is 0.204. The monoisotopic (exact) mass is 720 g/mol. The minimum Gasteiger partial charge on any atom is -0.493 e. The molecule has 2 aromatic rings. The van der Waals surface area contributed by atoms with Crippen molar-refractivity contribution < 1.29 is 37.0 Å². The number of esters is 1. The molecule has 4 heterocycles. The topological polar surface area (TPSA) is 118 Å². The maximum absolute atomic E-state index is 14.3. The second-order valence-electron chi connectivity index (χ2n) is 13.6. The van der Waals surface area contributed by atoms with Crippen molar-refractivity contribution in [3.8, 4) is 17.0 Å². The Morgan fingerprint density at radius 3 is 2.60 bits per heavy atom. The number of nitrogens with one attached hydrogen (secondary N) is 2. The third kappa shape index (κ3) is 9.75. The number of methoxy groups -OCH3 is 1. The lowest BCUT2D eigenvalue weighted by molar-refractivity contribution is -0.149. The van der Waals surface area contributed by atoms with E-state index >= 15 is 0 Å². The van der Waals surface area contributed by atoms with Gasteiger partial charge in [-0.1, -0.05) is 25.2 Å². The number of thiazole rings is 1. The Morgan fingerprint density at radius 1 is 1.16 bits per heavy atom. The third-order valence-electron chi connectivity index (χ3n) is 9.08. The number of rotatable bonds is 12. The average molecular weight is 721 g/mol. The van der Waals surface area contributed by atoms with E-state index in [9.17, 15) is 22.8 Å². The predicted molar refractivity (Wildman–Crippen MR) is 186 cm³/mol. The van der Waals surface area contributed by atoms with Crippen LogP contribution < -0.4 is 15.4 Å². The van der Waals surface area contributed by atoms with Gasteiger partial charge in [0.05, 0.1) is 43.1 Å². The van der Waals surface area contributed by atoms with E-state index in [0.29, 0.717) is 69.9 Å². The molecule has 1 aromatic heterocycles. The minimum atomic E-state index is -4.65. The zero-order valence-corrected chi connectivity index (χ0v) is 30.0. The summed E-state index contributed by atoms with van der Waals surface area (Å²) in [5.41, 5.74) is 0.163. The first kappa shape index (κ1) is 37.6. The van der Waals surface area contributed by atoms with E-state index in [1.54, 1.807) is 13.0 Å². The van der Waals surface area contributed by atoms with Gasteiger partial charge in [-0.15, -0.1) is 0 Å². The highest BCUT2D eigenvalue weighted by atomic mass is 32.1. The van der Waals surface area contributed by atoms with Crippen LogP contribution in [0.1, 0.15) is 63.3 Å². The summed E-state index contributed by atoms with van der Waals surface area (Å²) >= 11 is 1.26. The van der Waals surface area contributed by atoms with E-state index in [1.807, 2.05) is 0 Å². The molecule has 0 spiro atoms. The summed E-state index contributed by atoms with van der Waals surface area (Å²) in [6.45, 7) is 10.9. The van der Waals surface area contributed by atoms with E-state index in [0.717, 1.165) is 42.7 Å². The lowest BCUT2D eigenvalue weighted by atomic mass is 9.84. The van der Waals surface area contributed by atoms with E-state index < -0.39 is 17.6 Å². The molecule has 3 aliphatic rings. The normalized spacial score (nSPS) is 18.6. The van der Waals surface area contributed by atoms with Gasteiger partial charge in [0.2, 0.25) is 0 Å². The van der Waals surface area contributed by atoms with Gasteiger partial charge < -0.3 is 24.4 Å². The van der Waals surface area contributed by atoms with E-state index in [2.05, 4.69) is 44.3 Å². The molecule has 2 N–H and O–H groups in total. The zero-order chi connectivity index (χ0) is 35.9. The number of alkyl halides is 3. The number of amides is 1. The first-order valence-corrected chi connectivity index (χ1v) is 18.0. The first-order chi connectivity index (χ1) is 23.9. The van der Waals surface area contributed by atoms with Gasteiger partial charge in [-0.2, -0.15) is 13.2 Å². The fourth-order valence-electron chi connectivity index (χ4n) is 6.57. The van der Waals surface area contributed by atoms with Crippen molar-refractivity contribution in [2.24, 2.45) is 16.3 Å². The van der Waals surface area contributed by atoms with Crippen LogP contribution in [-0.2, 0) is 31.8 Å². The maximum Gasteiger partial charge on any atom is 0.419 e. The number of halogens is 3. The largest absolute Gasteiger partial charge is 0.493 e. The highest BCUT2D eigenvalue weighted by Gasteiger charge is 2.36. The number of amidine groups is 1. The molecule has 3 aliphatic heterocycles. The summed E-state index contributed by atoms with van der Waals surface area (Å²) in [5.74, 6) is -0.205. The van der Waals surface area contributed by atoms with E-state index in [4.69, 9.17) is 14.2 Å². The number of benzene rings is 1. The molecule has 0 unspecified atom stereocenters. The molecule has 2 fully saturated rings. The third-order valence-corrected chi connectivity index (χ3v) is 10.0. The Labute approximate surface area is 295 Å². The summed E-state index contributed by atoms with van der Waals surface area (Å²) in [4.78, 5) is 39.8. The van der Waals surface area contributed by atoms with Crippen molar-refractivity contribution in [3.63, 3.8) is 0 Å². The number of piperidine rings is 2. The Bertz CT molecular complexity index is 1570. The molecule has 0 radical (unpaired) electrons. The van der Waals surface area contributed by atoms with Crippen LogP contribution >= 0.6 is 11.3 Å². The standard InChI is InChI=1S/C35H47F3N6O5S/c1-5-48-32(46)23-10-14-44(15-11-23)29-20-39-26(19-40-29)31(45)42-33-41-30(28(50-33)21-43-13-6-12-34(2,3)22-43)24-8-9-27(49-17-7-16-47-4)25(18-24)35(36,37)38/h8-9,18-19,23,39H,5-7,10-17,20-22H2,1-4H3,(H,41,42,45). The first-order valence-electron chi connectivity index (χ1n) is 17.2. The van der Waals surface area contributed by atoms with Gasteiger partial charge in [0.25, 0.3) is 5.91 Å². The van der Waals surface area contributed by atoms with Crippen LogP contribution in [0.15, 0.2) is 35.1 Å². The van der Waals surface area contributed by atoms with Crippen LogP contribution in [0.25, 0.3) is 11.3 Å². The number of aromatic nitrogens is 1. The molecule has 11 nitrogen and oxygen atoms in total. The summed E-state index contributed by atoms with van der Waals surface area (Å²) in [7, 11) is 1.52. The fraction of sp³-hybridized carbons (Fsp3) is 0.600. The van der Waals surface area contributed by atoms with Gasteiger partial charge in [-0.05, 0) is 62.8 Å². The lowest BCUT2D eigenvalue weighted by Crippen LogP contribution is -2.46. The molecule has 1 amide bonds. The zero-order valence-electron chi connectivity index (χ0n) is 29.2. The van der Waals surface area contributed by atoms with Crippen molar-refractivity contribution in [1.29, 1.82) is 0 Å². The van der Waals surface area contributed by atoms with Gasteiger partial charge in [-0.25, -0.2) is 9.98 Å². The molecule has 0 atom stereocenters. The molecule has 0 aliphatic carbocycles. The Hall–Kier alpha value is -3.69. The predicted octanol–water partition coefficient (Wildman–Crippen LogP) is 5.92. The number of hydrogen-bond donors (Lipinski definition) is 2. The van der Waals surface area contributed by atoms with Crippen LogP contribution in [0.3, 0.4) is 0 Å². The fourth-order valence-corrected chi connectivity index (χ4v) is 7.59. The molecule has 15 heteroatoms. The highest BCUT2D eigenvalue weighted by molar-refractivity contribution is 7.16.